The Morgan fingerprint density at radius 1 is 1.32 bits per heavy atom. The van der Waals surface area contributed by atoms with Crippen molar-refractivity contribution in [2.75, 3.05) is 31.5 Å². The number of hydrogen-bond acceptors (Lipinski definition) is 10. The van der Waals surface area contributed by atoms with Crippen LogP contribution < -0.4 is 21.0 Å². The van der Waals surface area contributed by atoms with E-state index in [1.165, 1.54) is 13.2 Å². The van der Waals surface area contributed by atoms with Crippen molar-refractivity contribution in [2.45, 2.75) is 26.8 Å². The summed E-state index contributed by atoms with van der Waals surface area (Å²) in [5.41, 5.74) is 0.439. The molecular weight excluding hydrogens is 424 g/mol. The lowest BCUT2D eigenvalue weighted by atomic mass is 10.0. The Morgan fingerprint density at radius 3 is 2.71 bits per heavy atom. The number of carbonyl (C=O) groups is 1. The van der Waals surface area contributed by atoms with E-state index in [2.05, 4.69) is 25.9 Å². The largest absolute Gasteiger partial charge is 0.488 e. The van der Waals surface area contributed by atoms with Gasteiger partial charge in [-0.25, -0.2) is 9.48 Å². The van der Waals surface area contributed by atoms with Gasteiger partial charge < -0.3 is 19.2 Å². The van der Waals surface area contributed by atoms with E-state index in [1.54, 1.807) is 18.0 Å². The summed E-state index contributed by atoms with van der Waals surface area (Å²) in [5.74, 6) is -0.666. The first kappa shape index (κ1) is 22.4. The average molecular weight is 449 g/mol. The first-order valence-electron chi connectivity index (χ1n) is 9.47. The van der Waals surface area contributed by atoms with Gasteiger partial charge >= 0.3 is 5.63 Å². The van der Waals surface area contributed by atoms with Crippen LogP contribution in [0.25, 0.3) is 5.13 Å². The SMILES string of the molecule is COC[C@H](Nc1cc(C(=O)Nc2nnc(-n3nccc3C)s2)oc(=O)c1OC)C(C)C. The van der Waals surface area contributed by atoms with E-state index in [9.17, 15) is 9.59 Å². The van der Waals surface area contributed by atoms with Crippen LogP contribution in [0.4, 0.5) is 10.8 Å². The molecule has 11 nitrogen and oxygen atoms in total. The summed E-state index contributed by atoms with van der Waals surface area (Å²) in [5, 5.41) is 18.7. The maximum Gasteiger partial charge on any atom is 0.381 e. The zero-order valence-electron chi connectivity index (χ0n) is 17.8. The lowest BCUT2D eigenvalue weighted by molar-refractivity contribution is 0.0991. The summed E-state index contributed by atoms with van der Waals surface area (Å²) in [7, 11) is 2.95. The van der Waals surface area contributed by atoms with Gasteiger partial charge in [0.15, 0.2) is 5.76 Å². The Bertz CT molecular complexity index is 1110. The molecule has 0 radical (unpaired) electrons. The fourth-order valence-corrected chi connectivity index (χ4v) is 3.51. The Balaban J connectivity index is 1.84. The molecular formula is C19H24N6O5S. The molecule has 3 aromatic heterocycles. The number of hydrogen-bond donors (Lipinski definition) is 2. The van der Waals surface area contributed by atoms with E-state index in [-0.39, 0.29) is 28.6 Å². The van der Waals surface area contributed by atoms with Crippen LogP contribution in [0.5, 0.6) is 5.75 Å². The number of aromatic nitrogens is 4. The highest BCUT2D eigenvalue weighted by molar-refractivity contribution is 7.17. The number of amides is 1. The second-order valence-electron chi connectivity index (χ2n) is 7.02. The molecule has 3 heterocycles. The molecule has 0 aliphatic carbocycles. The second kappa shape index (κ2) is 9.71. The fraction of sp³-hybridized carbons (Fsp3) is 0.421. The minimum atomic E-state index is -0.775. The first-order valence-corrected chi connectivity index (χ1v) is 10.3. The van der Waals surface area contributed by atoms with Gasteiger partial charge in [-0.3, -0.25) is 10.1 Å². The summed E-state index contributed by atoms with van der Waals surface area (Å²) in [4.78, 5) is 25.1. The van der Waals surface area contributed by atoms with Crippen LogP contribution in [-0.2, 0) is 4.74 Å². The Labute approximate surface area is 182 Å². The number of nitrogens with zero attached hydrogens (tertiary/aromatic N) is 4. The first-order chi connectivity index (χ1) is 14.8. The summed E-state index contributed by atoms with van der Waals surface area (Å²) in [6.07, 6.45) is 1.64. The van der Waals surface area contributed by atoms with Crippen molar-refractivity contribution in [3.8, 4) is 10.9 Å². The van der Waals surface area contributed by atoms with Gasteiger partial charge in [-0.15, -0.1) is 10.2 Å². The topological polar surface area (TPSA) is 133 Å². The van der Waals surface area contributed by atoms with Gasteiger partial charge in [0.1, 0.15) is 0 Å². The lowest BCUT2D eigenvalue weighted by Gasteiger charge is -2.23. The van der Waals surface area contributed by atoms with Crippen LogP contribution in [0.2, 0.25) is 0 Å². The van der Waals surface area contributed by atoms with Crippen molar-refractivity contribution < 1.29 is 18.7 Å². The highest BCUT2D eigenvalue weighted by atomic mass is 32.1. The summed E-state index contributed by atoms with van der Waals surface area (Å²) in [6, 6.07) is 3.13. The van der Waals surface area contributed by atoms with Crippen molar-refractivity contribution in [1.29, 1.82) is 0 Å². The normalized spacial score (nSPS) is 12.1. The molecule has 0 fully saturated rings. The van der Waals surface area contributed by atoms with E-state index >= 15 is 0 Å². The molecule has 1 amide bonds. The van der Waals surface area contributed by atoms with E-state index in [0.29, 0.717) is 17.4 Å². The zero-order chi connectivity index (χ0) is 22.5. The Kier molecular flexibility index (Phi) is 7.02. The van der Waals surface area contributed by atoms with Gasteiger partial charge in [-0.05, 0) is 18.9 Å². The third kappa shape index (κ3) is 5.09. The van der Waals surface area contributed by atoms with Crippen molar-refractivity contribution in [2.24, 2.45) is 5.92 Å². The molecule has 31 heavy (non-hydrogen) atoms. The van der Waals surface area contributed by atoms with E-state index in [1.807, 2.05) is 26.8 Å². The van der Waals surface area contributed by atoms with Crippen LogP contribution in [-0.4, -0.2) is 52.8 Å². The number of methoxy groups -OCH3 is 2. The van der Waals surface area contributed by atoms with Crippen LogP contribution in [0.3, 0.4) is 0 Å². The van der Waals surface area contributed by atoms with Crippen LogP contribution >= 0.6 is 11.3 Å². The monoisotopic (exact) mass is 448 g/mol. The Morgan fingerprint density at radius 2 is 2.10 bits per heavy atom. The van der Waals surface area contributed by atoms with Crippen LogP contribution in [0, 0.1) is 12.8 Å². The molecule has 0 saturated carbocycles. The van der Waals surface area contributed by atoms with Gasteiger partial charge in [0, 0.05) is 25.1 Å². The molecule has 3 rings (SSSR count). The second-order valence-corrected chi connectivity index (χ2v) is 7.98. The van der Waals surface area contributed by atoms with E-state index in [4.69, 9.17) is 13.9 Å². The smallest absolute Gasteiger partial charge is 0.381 e. The molecule has 2 N–H and O–H groups in total. The quantitative estimate of drug-likeness (QED) is 0.506. The molecule has 0 aliphatic rings. The van der Waals surface area contributed by atoms with Crippen molar-refractivity contribution in [3.63, 3.8) is 0 Å². The van der Waals surface area contributed by atoms with Gasteiger partial charge in [0.2, 0.25) is 16.0 Å². The molecule has 166 valence electrons. The van der Waals surface area contributed by atoms with Crippen LogP contribution in [0.1, 0.15) is 30.1 Å². The van der Waals surface area contributed by atoms with Gasteiger partial charge in [0.05, 0.1) is 25.4 Å². The number of rotatable bonds is 9. The van der Waals surface area contributed by atoms with Crippen molar-refractivity contribution >= 4 is 28.1 Å². The number of ether oxygens (including phenoxy) is 2. The lowest BCUT2D eigenvalue weighted by Crippen LogP contribution is -2.31. The summed E-state index contributed by atoms with van der Waals surface area (Å²) < 4.78 is 17.2. The van der Waals surface area contributed by atoms with Crippen molar-refractivity contribution in [1.82, 2.24) is 20.0 Å². The van der Waals surface area contributed by atoms with Crippen LogP contribution in [0.15, 0.2) is 27.5 Å². The molecule has 0 spiro atoms. The molecule has 3 aromatic rings. The Hall–Kier alpha value is -3.25. The number of anilines is 2. The maximum atomic E-state index is 12.7. The fourth-order valence-electron chi connectivity index (χ4n) is 2.75. The van der Waals surface area contributed by atoms with E-state index in [0.717, 1.165) is 17.0 Å². The highest BCUT2D eigenvalue weighted by Gasteiger charge is 2.22. The van der Waals surface area contributed by atoms with Gasteiger partial charge in [-0.2, -0.15) is 5.10 Å². The average Bonchev–Trinajstić information content (AvgIpc) is 3.35. The maximum absolute atomic E-state index is 12.7. The highest BCUT2D eigenvalue weighted by Crippen LogP contribution is 2.25. The van der Waals surface area contributed by atoms with Crippen molar-refractivity contribution in [3.05, 3.63) is 40.2 Å². The van der Waals surface area contributed by atoms with Gasteiger partial charge in [-0.1, -0.05) is 25.2 Å². The minimum Gasteiger partial charge on any atom is -0.488 e. The third-order valence-corrected chi connectivity index (χ3v) is 5.29. The molecule has 0 aliphatic heterocycles. The predicted molar refractivity (Wildman–Crippen MR) is 115 cm³/mol. The molecule has 1 atom stereocenters. The molecule has 0 bridgehead atoms. The molecule has 0 saturated heterocycles. The number of nitrogens with one attached hydrogen (secondary N) is 2. The molecule has 0 aromatic carbocycles. The third-order valence-electron chi connectivity index (χ3n) is 4.48. The predicted octanol–water partition coefficient (Wildman–Crippen LogP) is 2.33. The molecule has 12 heteroatoms. The summed E-state index contributed by atoms with van der Waals surface area (Å²) >= 11 is 1.13. The molecule has 0 unspecified atom stereocenters. The zero-order valence-corrected chi connectivity index (χ0v) is 18.6. The number of carbonyl (C=O) groups excluding carboxylic acids is 1. The number of aryl methyl sites for hydroxylation is 1. The van der Waals surface area contributed by atoms with Gasteiger partial charge in [0.25, 0.3) is 5.91 Å². The summed E-state index contributed by atoms with van der Waals surface area (Å²) in [6.45, 7) is 6.30. The standard InChI is InChI=1S/C19H24N6O5S/c1-10(2)13(9-28-4)21-12-8-14(30-17(27)15(12)29-5)16(26)22-18-23-24-19(31-18)25-11(3)6-7-20-25/h6-8,10,13,21H,9H2,1-5H3,(H,22,23,26)/t13-/m0/s1. The van der Waals surface area contributed by atoms with E-state index < -0.39 is 11.5 Å². The minimum absolute atomic E-state index is 0.0225.